The Balaban J connectivity index is 1.95. The maximum absolute atomic E-state index is 12.0. The molecule has 5 heteroatoms. The highest BCUT2D eigenvalue weighted by molar-refractivity contribution is 5.51. The van der Waals surface area contributed by atoms with Crippen LogP contribution in [0.5, 0.6) is 11.5 Å². The molecule has 0 bridgehead atoms. The van der Waals surface area contributed by atoms with Crippen LogP contribution in [0.2, 0.25) is 0 Å². The van der Waals surface area contributed by atoms with Crippen molar-refractivity contribution in [3.8, 4) is 11.5 Å². The molecular formula is C16H17F2NO2. The average molecular weight is 293 g/mol. The molecule has 112 valence electrons. The molecule has 21 heavy (non-hydrogen) atoms. The van der Waals surface area contributed by atoms with Gasteiger partial charge in [-0.15, -0.1) is 0 Å². The number of nitrogens with one attached hydrogen (secondary N) is 1. The molecule has 3 nitrogen and oxygen atoms in total. The Kier molecular flexibility index (Phi) is 4.98. The van der Waals surface area contributed by atoms with Gasteiger partial charge in [0.1, 0.15) is 11.5 Å². The lowest BCUT2D eigenvalue weighted by atomic mass is 10.2. The number of methoxy groups -OCH3 is 1. The van der Waals surface area contributed by atoms with Gasteiger partial charge >= 0.3 is 6.61 Å². The topological polar surface area (TPSA) is 30.5 Å². The van der Waals surface area contributed by atoms with E-state index in [9.17, 15) is 8.78 Å². The summed E-state index contributed by atoms with van der Waals surface area (Å²) in [6.45, 7) is -0.224. The molecule has 2 aromatic rings. The van der Waals surface area contributed by atoms with E-state index in [4.69, 9.17) is 4.74 Å². The molecule has 0 aromatic heterocycles. The first-order valence-corrected chi connectivity index (χ1v) is 6.51. The monoisotopic (exact) mass is 293 g/mol. The van der Waals surface area contributed by atoms with Crippen molar-refractivity contribution in [2.45, 2.75) is 20.1 Å². The Morgan fingerprint density at radius 3 is 2.38 bits per heavy atom. The third kappa shape index (κ3) is 4.34. The van der Waals surface area contributed by atoms with Crippen molar-refractivity contribution in [2.24, 2.45) is 0 Å². The summed E-state index contributed by atoms with van der Waals surface area (Å²) in [5, 5.41) is 3.27. The lowest BCUT2D eigenvalue weighted by molar-refractivity contribution is -0.0498. The molecule has 2 rings (SSSR count). The molecule has 0 aliphatic heterocycles. The fraction of sp³-hybridized carbons (Fsp3) is 0.250. The summed E-state index contributed by atoms with van der Waals surface area (Å²) in [7, 11) is 1.64. The number of ether oxygens (including phenoxy) is 2. The van der Waals surface area contributed by atoms with E-state index in [1.54, 1.807) is 19.2 Å². The maximum atomic E-state index is 12.0. The highest BCUT2D eigenvalue weighted by Gasteiger charge is 2.04. The SMILES string of the molecule is COc1ccc(NCc2ccc(OC(F)F)cc2)cc1C. The van der Waals surface area contributed by atoms with Crippen molar-refractivity contribution in [3.63, 3.8) is 0 Å². The van der Waals surface area contributed by atoms with Gasteiger partial charge in [0, 0.05) is 12.2 Å². The summed E-state index contributed by atoms with van der Waals surface area (Å²) in [5.41, 5.74) is 2.99. The molecule has 0 amide bonds. The van der Waals surface area contributed by atoms with Gasteiger partial charge in [-0.1, -0.05) is 12.1 Å². The van der Waals surface area contributed by atoms with Crippen LogP contribution in [0, 0.1) is 6.92 Å². The van der Waals surface area contributed by atoms with E-state index in [0.29, 0.717) is 6.54 Å². The predicted molar refractivity (Wildman–Crippen MR) is 78.1 cm³/mol. The summed E-state index contributed by atoms with van der Waals surface area (Å²) in [4.78, 5) is 0. The number of aryl methyl sites for hydroxylation is 1. The van der Waals surface area contributed by atoms with Crippen LogP contribution < -0.4 is 14.8 Å². The van der Waals surface area contributed by atoms with Crippen LogP contribution >= 0.6 is 0 Å². The van der Waals surface area contributed by atoms with Gasteiger partial charge in [0.2, 0.25) is 0 Å². The fourth-order valence-electron chi connectivity index (χ4n) is 1.98. The largest absolute Gasteiger partial charge is 0.496 e. The Labute approximate surface area is 122 Å². The van der Waals surface area contributed by atoms with Crippen LogP contribution in [0.25, 0.3) is 0 Å². The van der Waals surface area contributed by atoms with E-state index in [1.165, 1.54) is 12.1 Å². The van der Waals surface area contributed by atoms with Crippen molar-refractivity contribution < 1.29 is 18.3 Å². The number of rotatable bonds is 6. The lowest BCUT2D eigenvalue weighted by Gasteiger charge is -2.10. The van der Waals surface area contributed by atoms with E-state index in [2.05, 4.69) is 10.1 Å². The second kappa shape index (κ2) is 6.92. The van der Waals surface area contributed by atoms with E-state index >= 15 is 0 Å². The third-order valence-corrected chi connectivity index (χ3v) is 3.04. The van der Waals surface area contributed by atoms with Gasteiger partial charge in [0.25, 0.3) is 0 Å². The molecule has 0 spiro atoms. The van der Waals surface area contributed by atoms with Crippen LogP contribution in [-0.4, -0.2) is 13.7 Å². The molecule has 0 unspecified atom stereocenters. The third-order valence-electron chi connectivity index (χ3n) is 3.04. The molecule has 0 radical (unpaired) electrons. The number of halogens is 2. The minimum Gasteiger partial charge on any atom is -0.496 e. The molecular weight excluding hydrogens is 276 g/mol. The minimum absolute atomic E-state index is 0.161. The van der Waals surface area contributed by atoms with Crippen LogP contribution in [0.1, 0.15) is 11.1 Å². The summed E-state index contributed by atoms with van der Waals surface area (Å²) in [5.74, 6) is 1.00. The van der Waals surface area contributed by atoms with Gasteiger partial charge in [-0.05, 0) is 48.4 Å². The zero-order valence-corrected chi connectivity index (χ0v) is 11.9. The first-order valence-electron chi connectivity index (χ1n) is 6.51. The first kappa shape index (κ1) is 15.1. The highest BCUT2D eigenvalue weighted by Crippen LogP contribution is 2.22. The number of anilines is 1. The highest BCUT2D eigenvalue weighted by atomic mass is 19.3. The van der Waals surface area contributed by atoms with E-state index in [0.717, 1.165) is 22.6 Å². The number of benzene rings is 2. The van der Waals surface area contributed by atoms with Crippen molar-refractivity contribution in [1.82, 2.24) is 0 Å². The summed E-state index contributed by atoms with van der Waals surface area (Å²) in [6.07, 6.45) is 0. The van der Waals surface area contributed by atoms with Gasteiger partial charge in [-0.3, -0.25) is 0 Å². The van der Waals surface area contributed by atoms with E-state index in [-0.39, 0.29) is 5.75 Å². The summed E-state index contributed by atoms with van der Waals surface area (Å²) >= 11 is 0. The molecule has 0 atom stereocenters. The second-order valence-corrected chi connectivity index (χ2v) is 4.56. The van der Waals surface area contributed by atoms with Gasteiger partial charge in [-0.2, -0.15) is 8.78 Å². The molecule has 0 saturated carbocycles. The van der Waals surface area contributed by atoms with Gasteiger partial charge in [0.05, 0.1) is 7.11 Å². The smallest absolute Gasteiger partial charge is 0.387 e. The maximum Gasteiger partial charge on any atom is 0.387 e. The van der Waals surface area contributed by atoms with Gasteiger partial charge in [0.15, 0.2) is 0 Å². The molecule has 0 saturated heterocycles. The predicted octanol–water partition coefficient (Wildman–Crippen LogP) is 4.22. The number of hydrogen-bond donors (Lipinski definition) is 1. The van der Waals surface area contributed by atoms with Crippen molar-refractivity contribution in [3.05, 3.63) is 53.6 Å². The van der Waals surface area contributed by atoms with Crippen LogP contribution in [0.3, 0.4) is 0 Å². The standard InChI is InChI=1S/C16H17F2NO2/c1-11-9-13(5-8-15(11)20-2)19-10-12-3-6-14(7-4-12)21-16(17)18/h3-9,16,19H,10H2,1-2H3. The molecule has 0 aliphatic carbocycles. The zero-order chi connectivity index (χ0) is 15.2. The van der Waals surface area contributed by atoms with Crippen LogP contribution in [0.15, 0.2) is 42.5 Å². The molecule has 0 fully saturated rings. The molecule has 2 aromatic carbocycles. The van der Waals surface area contributed by atoms with Gasteiger partial charge in [-0.25, -0.2) is 0 Å². The Morgan fingerprint density at radius 1 is 1.10 bits per heavy atom. The van der Waals surface area contributed by atoms with E-state index in [1.807, 2.05) is 25.1 Å². The molecule has 0 heterocycles. The normalized spacial score (nSPS) is 10.5. The van der Waals surface area contributed by atoms with Crippen molar-refractivity contribution >= 4 is 5.69 Å². The summed E-state index contributed by atoms with van der Waals surface area (Å²) in [6, 6.07) is 12.4. The lowest BCUT2D eigenvalue weighted by Crippen LogP contribution is -2.03. The van der Waals surface area contributed by atoms with Crippen molar-refractivity contribution in [2.75, 3.05) is 12.4 Å². The summed E-state index contributed by atoms with van der Waals surface area (Å²) < 4.78 is 33.6. The first-order chi connectivity index (χ1) is 10.1. The zero-order valence-electron chi connectivity index (χ0n) is 11.9. The van der Waals surface area contributed by atoms with Crippen molar-refractivity contribution in [1.29, 1.82) is 0 Å². The Morgan fingerprint density at radius 2 is 1.81 bits per heavy atom. The fourth-order valence-corrected chi connectivity index (χ4v) is 1.98. The van der Waals surface area contributed by atoms with Crippen LogP contribution in [0.4, 0.5) is 14.5 Å². The molecule has 1 N–H and O–H groups in total. The quantitative estimate of drug-likeness (QED) is 0.865. The molecule has 0 aliphatic rings. The Hall–Kier alpha value is -2.30. The number of hydrogen-bond acceptors (Lipinski definition) is 3. The van der Waals surface area contributed by atoms with Gasteiger partial charge < -0.3 is 14.8 Å². The van der Waals surface area contributed by atoms with Crippen LogP contribution in [-0.2, 0) is 6.54 Å². The number of alkyl halides is 2. The average Bonchev–Trinajstić information content (AvgIpc) is 2.46. The minimum atomic E-state index is -2.80. The Bertz CT molecular complexity index is 585. The second-order valence-electron chi connectivity index (χ2n) is 4.56. The van der Waals surface area contributed by atoms with E-state index < -0.39 is 6.61 Å².